The van der Waals surface area contributed by atoms with Gasteiger partial charge in [0.05, 0.1) is 6.61 Å². The topological polar surface area (TPSA) is 75.4 Å². The second-order valence-electron chi connectivity index (χ2n) is 2.51. The highest BCUT2D eigenvalue weighted by atomic mass is 32.2. The van der Waals surface area contributed by atoms with Gasteiger partial charge in [-0.25, -0.2) is 5.84 Å². The molecule has 4 N–H and O–H groups in total. The van der Waals surface area contributed by atoms with Crippen LogP contribution < -0.4 is 11.3 Å². The summed E-state index contributed by atoms with van der Waals surface area (Å²) < 4.78 is 0. The van der Waals surface area contributed by atoms with Gasteiger partial charge < -0.3 is 5.11 Å². The number of hydrogen-bond donors (Lipinski definition) is 3. The fourth-order valence-electron chi connectivity index (χ4n) is 0.744. The van der Waals surface area contributed by atoms with Gasteiger partial charge in [0.1, 0.15) is 0 Å². The molecule has 1 amide bonds. The Morgan fingerprint density at radius 2 is 2.42 bits per heavy atom. The molecule has 0 bridgehead atoms. The zero-order valence-electron chi connectivity index (χ0n) is 7.25. The Balaban J connectivity index is 3.30. The zero-order valence-corrected chi connectivity index (χ0v) is 8.06. The highest BCUT2D eigenvalue weighted by Gasteiger charge is 2.05. The van der Waals surface area contributed by atoms with Crippen LogP contribution >= 0.6 is 11.8 Å². The lowest BCUT2D eigenvalue weighted by molar-refractivity contribution is -0.121. The molecule has 1 unspecified atom stereocenters. The van der Waals surface area contributed by atoms with Crippen molar-refractivity contribution < 1.29 is 9.90 Å². The molecule has 0 spiro atoms. The summed E-state index contributed by atoms with van der Waals surface area (Å²) in [6.07, 6.45) is 1.25. The van der Waals surface area contributed by atoms with Crippen LogP contribution in [0.4, 0.5) is 0 Å². The van der Waals surface area contributed by atoms with Crippen molar-refractivity contribution in [3.05, 3.63) is 0 Å². The molecule has 0 rings (SSSR count). The maximum absolute atomic E-state index is 10.7. The average Bonchev–Trinajstić information content (AvgIpc) is 2.10. The Kier molecular flexibility index (Phi) is 7.23. The van der Waals surface area contributed by atoms with Crippen molar-refractivity contribution in [2.75, 3.05) is 12.4 Å². The molecular formula is C7H16N2O2S. The van der Waals surface area contributed by atoms with E-state index >= 15 is 0 Å². The van der Waals surface area contributed by atoms with Gasteiger partial charge in [-0.05, 0) is 6.42 Å². The van der Waals surface area contributed by atoms with E-state index in [1.165, 1.54) is 0 Å². The summed E-state index contributed by atoms with van der Waals surface area (Å²) >= 11 is 1.66. The van der Waals surface area contributed by atoms with Gasteiger partial charge in [-0.3, -0.25) is 10.2 Å². The number of carbonyl (C=O) groups is 1. The molecule has 0 aliphatic heterocycles. The lowest BCUT2D eigenvalue weighted by atomic mass is 10.2. The number of aliphatic hydroxyl groups is 1. The summed E-state index contributed by atoms with van der Waals surface area (Å²) in [6.45, 7) is 2.22. The Morgan fingerprint density at radius 3 is 2.92 bits per heavy atom. The Morgan fingerprint density at radius 1 is 1.75 bits per heavy atom. The highest BCUT2D eigenvalue weighted by molar-refractivity contribution is 7.99. The fourth-order valence-corrected chi connectivity index (χ4v) is 1.54. The number of thioether (sulfide) groups is 1. The Labute approximate surface area is 76.9 Å². The molecule has 0 aromatic rings. The fraction of sp³-hybridized carbons (Fsp3) is 0.857. The second kappa shape index (κ2) is 7.39. The number of hydrogen-bond acceptors (Lipinski definition) is 4. The summed E-state index contributed by atoms with van der Waals surface area (Å²) in [5, 5.41) is 8.92. The first-order chi connectivity index (χ1) is 5.70. The van der Waals surface area contributed by atoms with E-state index in [9.17, 15) is 4.79 Å². The maximum Gasteiger partial charge on any atom is 0.233 e. The van der Waals surface area contributed by atoms with Crippen molar-refractivity contribution >= 4 is 17.7 Å². The summed E-state index contributed by atoms with van der Waals surface area (Å²) in [6, 6.07) is 0. The first-order valence-corrected chi connectivity index (χ1v) is 4.97. The minimum atomic E-state index is -0.133. The summed E-state index contributed by atoms with van der Waals surface area (Å²) in [7, 11) is 0. The third-order valence-corrected chi connectivity index (χ3v) is 2.66. The van der Waals surface area contributed by atoms with E-state index in [1.54, 1.807) is 11.8 Å². The zero-order chi connectivity index (χ0) is 9.40. The predicted molar refractivity (Wildman–Crippen MR) is 50.6 cm³/mol. The van der Waals surface area contributed by atoms with Crippen LogP contribution in [-0.4, -0.2) is 28.6 Å². The van der Waals surface area contributed by atoms with Crippen LogP contribution in [0, 0.1) is 0 Å². The van der Waals surface area contributed by atoms with E-state index in [-0.39, 0.29) is 12.5 Å². The van der Waals surface area contributed by atoms with Gasteiger partial charge in [-0.2, -0.15) is 11.8 Å². The number of rotatable bonds is 6. The minimum Gasteiger partial charge on any atom is -0.396 e. The largest absolute Gasteiger partial charge is 0.396 e. The number of nitrogens with one attached hydrogen (secondary N) is 1. The lowest BCUT2D eigenvalue weighted by Crippen LogP contribution is -2.30. The van der Waals surface area contributed by atoms with Crippen LogP contribution in [0.1, 0.15) is 19.8 Å². The van der Waals surface area contributed by atoms with Crippen LogP contribution in [0.15, 0.2) is 0 Å². The van der Waals surface area contributed by atoms with Crippen molar-refractivity contribution in [1.29, 1.82) is 0 Å². The first kappa shape index (κ1) is 11.7. The van der Waals surface area contributed by atoms with Gasteiger partial charge in [0.2, 0.25) is 5.91 Å². The second-order valence-corrected chi connectivity index (χ2v) is 4.06. The van der Waals surface area contributed by atoms with Gasteiger partial charge in [0, 0.05) is 17.4 Å². The third kappa shape index (κ3) is 6.45. The molecule has 1 atom stereocenters. The SMILES string of the molecule is CC(CCC(=O)NN)SCCO. The molecule has 4 nitrogen and oxygen atoms in total. The highest BCUT2D eigenvalue weighted by Crippen LogP contribution is 2.14. The van der Waals surface area contributed by atoms with Crippen LogP contribution in [0.3, 0.4) is 0 Å². The Bertz CT molecular complexity index is 133. The van der Waals surface area contributed by atoms with Crippen LogP contribution in [0.25, 0.3) is 0 Å². The van der Waals surface area contributed by atoms with Crippen molar-refractivity contribution in [3.63, 3.8) is 0 Å². The predicted octanol–water partition coefficient (Wildman–Crippen LogP) is -0.130. The monoisotopic (exact) mass is 192 g/mol. The molecule has 5 heteroatoms. The summed E-state index contributed by atoms with van der Waals surface area (Å²) in [5.41, 5.74) is 2.08. The molecule has 0 heterocycles. The maximum atomic E-state index is 10.7. The van der Waals surface area contributed by atoms with E-state index < -0.39 is 0 Å². The molecule has 0 saturated carbocycles. The van der Waals surface area contributed by atoms with Gasteiger partial charge in [0.25, 0.3) is 0 Å². The molecule has 0 aliphatic carbocycles. The van der Waals surface area contributed by atoms with Gasteiger partial charge in [0.15, 0.2) is 0 Å². The standard InChI is InChI=1S/C7H16N2O2S/c1-6(12-5-4-10)2-3-7(11)9-8/h6,10H,2-5,8H2,1H3,(H,9,11). The molecule has 0 radical (unpaired) electrons. The van der Waals surface area contributed by atoms with Gasteiger partial charge in [-0.1, -0.05) is 6.92 Å². The Hall–Kier alpha value is -0.260. The van der Waals surface area contributed by atoms with Crippen molar-refractivity contribution in [2.24, 2.45) is 5.84 Å². The van der Waals surface area contributed by atoms with E-state index in [0.717, 1.165) is 12.2 Å². The van der Waals surface area contributed by atoms with Crippen LogP contribution in [0.2, 0.25) is 0 Å². The van der Waals surface area contributed by atoms with Crippen molar-refractivity contribution in [2.45, 2.75) is 25.0 Å². The van der Waals surface area contributed by atoms with E-state index in [2.05, 4.69) is 5.43 Å². The van der Waals surface area contributed by atoms with Gasteiger partial charge >= 0.3 is 0 Å². The van der Waals surface area contributed by atoms with Crippen molar-refractivity contribution in [3.8, 4) is 0 Å². The normalized spacial score (nSPS) is 12.6. The van der Waals surface area contributed by atoms with E-state index in [1.807, 2.05) is 6.92 Å². The summed E-state index contributed by atoms with van der Waals surface area (Å²) in [5.74, 6) is 5.51. The molecular weight excluding hydrogens is 176 g/mol. The molecule has 0 saturated heterocycles. The number of aliphatic hydroxyl groups excluding tert-OH is 1. The van der Waals surface area contributed by atoms with E-state index in [0.29, 0.717) is 11.7 Å². The molecule has 0 aliphatic rings. The van der Waals surface area contributed by atoms with Gasteiger partial charge in [-0.15, -0.1) is 0 Å². The molecule has 0 aromatic heterocycles. The van der Waals surface area contributed by atoms with E-state index in [4.69, 9.17) is 10.9 Å². The molecule has 12 heavy (non-hydrogen) atoms. The number of hydrazine groups is 1. The number of amides is 1. The van der Waals surface area contributed by atoms with Crippen molar-refractivity contribution in [1.82, 2.24) is 5.43 Å². The minimum absolute atomic E-state index is 0.133. The summed E-state index contributed by atoms with van der Waals surface area (Å²) in [4.78, 5) is 10.7. The lowest BCUT2D eigenvalue weighted by Gasteiger charge is -2.08. The number of carbonyl (C=O) groups excluding carboxylic acids is 1. The molecule has 0 aromatic carbocycles. The number of nitrogens with two attached hydrogens (primary N) is 1. The molecule has 0 fully saturated rings. The third-order valence-electron chi connectivity index (χ3n) is 1.43. The van der Waals surface area contributed by atoms with Crippen LogP contribution in [-0.2, 0) is 4.79 Å². The molecule has 72 valence electrons. The quantitative estimate of drug-likeness (QED) is 0.311. The van der Waals surface area contributed by atoms with Crippen LogP contribution in [0.5, 0.6) is 0 Å². The average molecular weight is 192 g/mol. The first-order valence-electron chi connectivity index (χ1n) is 3.92. The smallest absolute Gasteiger partial charge is 0.233 e.